The Morgan fingerprint density at radius 2 is 1.69 bits per heavy atom. The summed E-state index contributed by atoms with van der Waals surface area (Å²) in [6, 6.07) is 25.0. The number of amides is 1. The molecule has 0 unspecified atom stereocenters. The van der Waals surface area contributed by atoms with Crippen LogP contribution in [0.25, 0.3) is 22.2 Å². The van der Waals surface area contributed by atoms with Gasteiger partial charge in [0.1, 0.15) is 6.29 Å². The van der Waals surface area contributed by atoms with E-state index in [2.05, 4.69) is 15.4 Å². The SMILES string of the molecule is Cc1ccc(S(=O)(=O)n2cc(NC(=O)c3cnn(Cc4ccccc4)c3)c3cc(-c4cccc(C=O)c4)cnc32)cc1. The number of aryl methyl sites for hydroxylation is 1. The van der Waals surface area contributed by atoms with Crippen LogP contribution < -0.4 is 5.32 Å². The zero-order valence-electron chi connectivity index (χ0n) is 22.5. The van der Waals surface area contributed by atoms with Crippen molar-refractivity contribution in [1.29, 1.82) is 0 Å². The topological polar surface area (TPSA) is 116 Å². The fourth-order valence-corrected chi connectivity index (χ4v) is 5.99. The van der Waals surface area contributed by atoms with E-state index in [1.807, 2.05) is 43.3 Å². The minimum absolute atomic E-state index is 0.0922. The monoisotopic (exact) mass is 575 g/mol. The maximum absolute atomic E-state index is 13.7. The van der Waals surface area contributed by atoms with Gasteiger partial charge in [0.05, 0.1) is 28.9 Å². The molecule has 9 nitrogen and oxygen atoms in total. The van der Waals surface area contributed by atoms with Crippen molar-refractivity contribution in [2.45, 2.75) is 18.4 Å². The summed E-state index contributed by atoms with van der Waals surface area (Å²) in [7, 11) is -4.04. The Labute approximate surface area is 242 Å². The second kappa shape index (κ2) is 10.9. The van der Waals surface area contributed by atoms with Crippen LogP contribution in [-0.2, 0) is 16.6 Å². The lowest BCUT2D eigenvalue weighted by Gasteiger charge is -2.08. The van der Waals surface area contributed by atoms with Crippen LogP contribution in [0.15, 0.2) is 115 Å². The van der Waals surface area contributed by atoms with Crippen molar-refractivity contribution in [2.24, 2.45) is 0 Å². The predicted molar refractivity (Wildman–Crippen MR) is 160 cm³/mol. The molecular formula is C32H25N5O4S. The van der Waals surface area contributed by atoms with Crippen molar-refractivity contribution in [1.82, 2.24) is 18.7 Å². The highest BCUT2D eigenvalue weighted by Crippen LogP contribution is 2.32. The fourth-order valence-electron chi connectivity index (χ4n) is 4.67. The van der Waals surface area contributed by atoms with Crippen molar-refractivity contribution in [2.75, 3.05) is 5.32 Å². The summed E-state index contributed by atoms with van der Waals surface area (Å²) in [5.41, 5.74) is 4.57. The number of hydrogen-bond donors (Lipinski definition) is 1. The molecule has 1 amide bonds. The number of rotatable bonds is 8. The smallest absolute Gasteiger partial charge is 0.269 e. The molecule has 42 heavy (non-hydrogen) atoms. The predicted octanol–water partition coefficient (Wildman–Crippen LogP) is 5.56. The Morgan fingerprint density at radius 3 is 2.45 bits per heavy atom. The van der Waals surface area contributed by atoms with Gasteiger partial charge in [-0.3, -0.25) is 14.3 Å². The number of carbonyl (C=O) groups excluding carboxylic acids is 2. The maximum atomic E-state index is 13.7. The highest BCUT2D eigenvalue weighted by molar-refractivity contribution is 7.90. The fraction of sp³-hybridized carbons (Fsp3) is 0.0625. The number of carbonyl (C=O) groups is 2. The van der Waals surface area contributed by atoms with E-state index in [-0.39, 0.29) is 16.2 Å². The van der Waals surface area contributed by atoms with Crippen LogP contribution >= 0.6 is 0 Å². The molecule has 0 bridgehead atoms. The summed E-state index contributed by atoms with van der Waals surface area (Å²) in [5.74, 6) is -0.450. The second-order valence-electron chi connectivity index (χ2n) is 9.86. The number of nitrogens with one attached hydrogen (secondary N) is 1. The minimum atomic E-state index is -4.04. The molecule has 1 N–H and O–H groups in total. The van der Waals surface area contributed by atoms with Crippen molar-refractivity contribution >= 4 is 38.9 Å². The molecule has 0 aliphatic rings. The molecular weight excluding hydrogens is 550 g/mol. The molecule has 0 atom stereocenters. The van der Waals surface area contributed by atoms with Crippen LogP contribution in [0.3, 0.4) is 0 Å². The lowest BCUT2D eigenvalue weighted by molar-refractivity contribution is 0.102. The quantitative estimate of drug-likeness (QED) is 0.238. The van der Waals surface area contributed by atoms with Gasteiger partial charge in [0.25, 0.3) is 15.9 Å². The van der Waals surface area contributed by atoms with E-state index in [4.69, 9.17) is 0 Å². The Balaban J connectivity index is 1.41. The van der Waals surface area contributed by atoms with E-state index in [1.54, 1.807) is 53.5 Å². The van der Waals surface area contributed by atoms with Gasteiger partial charge in [0.15, 0.2) is 5.65 Å². The van der Waals surface area contributed by atoms with Crippen LogP contribution in [0.1, 0.15) is 31.8 Å². The normalized spacial score (nSPS) is 11.5. The van der Waals surface area contributed by atoms with Gasteiger partial charge in [0, 0.05) is 35.1 Å². The van der Waals surface area contributed by atoms with Crippen LogP contribution in [0.4, 0.5) is 5.69 Å². The lowest BCUT2D eigenvalue weighted by atomic mass is 10.0. The van der Waals surface area contributed by atoms with E-state index < -0.39 is 15.9 Å². The van der Waals surface area contributed by atoms with Crippen molar-refractivity contribution < 1.29 is 18.0 Å². The Kier molecular flexibility index (Phi) is 6.97. The zero-order chi connectivity index (χ0) is 29.3. The summed E-state index contributed by atoms with van der Waals surface area (Å²) < 4.78 is 30.1. The molecule has 6 rings (SSSR count). The average Bonchev–Trinajstić information content (AvgIpc) is 3.63. The third kappa shape index (κ3) is 5.23. The van der Waals surface area contributed by atoms with Gasteiger partial charge >= 0.3 is 0 Å². The van der Waals surface area contributed by atoms with E-state index in [0.717, 1.165) is 26.9 Å². The molecule has 0 saturated carbocycles. The number of pyridine rings is 1. The number of benzene rings is 3. The molecule has 6 aromatic rings. The first-order valence-electron chi connectivity index (χ1n) is 13.1. The lowest BCUT2D eigenvalue weighted by Crippen LogP contribution is -2.13. The van der Waals surface area contributed by atoms with Gasteiger partial charge in [-0.05, 0) is 42.3 Å². The van der Waals surface area contributed by atoms with Gasteiger partial charge in [-0.1, -0.05) is 66.2 Å². The van der Waals surface area contributed by atoms with Gasteiger partial charge in [-0.15, -0.1) is 0 Å². The first kappa shape index (κ1) is 26.9. The molecule has 3 aromatic heterocycles. The maximum Gasteiger partial charge on any atom is 0.269 e. The standard InChI is InChI=1S/C32H25N5O4S/c1-22-10-12-28(13-11-22)42(40,41)37-20-30(29-15-26(16-33-31(29)37)25-9-5-8-24(14-25)21-38)35-32(39)27-17-34-36(19-27)18-23-6-3-2-4-7-23/h2-17,19-21H,18H2,1H3,(H,35,39). The minimum Gasteiger partial charge on any atom is -0.320 e. The first-order chi connectivity index (χ1) is 20.3. The molecule has 10 heteroatoms. The Morgan fingerprint density at radius 1 is 0.905 bits per heavy atom. The van der Waals surface area contributed by atoms with E-state index in [0.29, 0.717) is 28.6 Å². The molecule has 0 aliphatic heterocycles. The number of fused-ring (bicyclic) bond motifs is 1. The number of hydrogen-bond acceptors (Lipinski definition) is 6. The largest absolute Gasteiger partial charge is 0.320 e. The number of aromatic nitrogens is 4. The summed E-state index contributed by atoms with van der Waals surface area (Å²) in [6.07, 6.45) is 6.77. The molecule has 0 aliphatic carbocycles. The van der Waals surface area contributed by atoms with Crippen molar-refractivity contribution in [3.8, 4) is 11.1 Å². The van der Waals surface area contributed by atoms with Crippen molar-refractivity contribution in [3.63, 3.8) is 0 Å². The summed E-state index contributed by atoms with van der Waals surface area (Å²) >= 11 is 0. The van der Waals surface area contributed by atoms with Crippen LogP contribution in [-0.4, -0.2) is 39.3 Å². The van der Waals surface area contributed by atoms with Gasteiger partial charge in [0.2, 0.25) is 0 Å². The molecule has 0 spiro atoms. The number of nitrogens with zero attached hydrogens (tertiary/aromatic N) is 4. The van der Waals surface area contributed by atoms with Crippen LogP contribution in [0.2, 0.25) is 0 Å². The third-order valence-corrected chi connectivity index (χ3v) is 8.54. The summed E-state index contributed by atoms with van der Waals surface area (Å²) in [5, 5.41) is 7.59. The summed E-state index contributed by atoms with van der Waals surface area (Å²) in [4.78, 5) is 29.3. The molecule has 3 heterocycles. The van der Waals surface area contributed by atoms with E-state index >= 15 is 0 Å². The van der Waals surface area contributed by atoms with E-state index in [9.17, 15) is 18.0 Å². The van der Waals surface area contributed by atoms with Crippen LogP contribution in [0.5, 0.6) is 0 Å². The second-order valence-corrected chi connectivity index (χ2v) is 11.7. The summed E-state index contributed by atoms with van der Waals surface area (Å²) in [6.45, 7) is 2.37. The van der Waals surface area contributed by atoms with E-state index in [1.165, 1.54) is 24.5 Å². The number of aldehydes is 1. The highest BCUT2D eigenvalue weighted by Gasteiger charge is 2.24. The zero-order valence-corrected chi connectivity index (χ0v) is 23.3. The van der Waals surface area contributed by atoms with Gasteiger partial charge in [-0.25, -0.2) is 17.4 Å². The van der Waals surface area contributed by atoms with Crippen molar-refractivity contribution in [3.05, 3.63) is 132 Å². The molecule has 0 saturated heterocycles. The Bertz CT molecular complexity index is 2050. The van der Waals surface area contributed by atoms with Crippen LogP contribution in [0, 0.1) is 6.92 Å². The number of anilines is 1. The van der Waals surface area contributed by atoms with Gasteiger partial charge in [-0.2, -0.15) is 5.10 Å². The van der Waals surface area contributed by atoms with Gasteiger partial charge < -0.3 is 5.32 Å². The first-order valence-corrected chi connectivity index (χ1v) is 14.5. The molecule has 0 fully saturated rings. The molecule has 0 radical (unpaired) electrons. The molecule has 208 valence electrons. The molecule has 3 aromatic carbocycles. The Hall–Kier alpha value is -5.35. The average molecular weight is 576 g/mol. The third-order valence-electron chi connectivity index (χ3n) is 6.88. The highest BCUT2D eigenvalue weighted by atomic mass is 32.2.